The number of methoxy groups -OCH3 is 1. The van der Waals surface area contributed by atoms with Crippen molar-refractivity contribution in [3.05, 3.63) is 6.20 Å². The Labute approximate surface area is 150 Å². The summed E-state index contributed by atoms with van der Waals surface area (Å²) in [4.78, 5) is 4.19. The fourth-order valence-corrected chi connectivity index (χ4v) is 3.57. The minimum absolute atomic E-state index is 0.0238. The number of sulfone groups is 1. The summed E-state index contributed by atoms with van der Waals surface area (Å²) in [5, 5.41) is 3.19. The van der Waals surface area contributed by atoms with Crippen LogP contribution in [0.4, 0.5) is 5.69 Å². The molecule has 2 rings (SSSR count). The molecule has 0 unspecified atom stereocenters. The van der Waals surface area contributed by atoms with E-state index in [0.29, 0.717) is 17.7 Å². The Morgan fingerprint density at radius 2 is 1.80 bits per heavy atom. The molecule has 140 valence electrons. The number of aromatic nitrogens is 1. The highest BCUT2D eigenvalue weighted by Gasteiger charge is 2.53. The summed E-state index contributed by atoms with van der Waals surface area (Å²) < 4.78 is 42.1. The molecular weight excluding hydrogens is 343 g/mol. The number of ether oxygens (including phenoxy) is 1. The van der Waals surface area contributed by atoms with Gasteiger partial charge in [0.25, 0.3) is 0 Å². The maximum Gasteiger partial charge on any atom is 0.498 e. The fourth-order valence-electron chi connectivity index (χ4n) is 2.56. The molecule has 1 aliphatic rings. The topological polar surface area (TPSA) is 86.8 Å². The van der Waals surface area contributed by atoms with Gasteiger partial charge in [0.15, 0.2) is 14.7 Å². The van der Waals surface area contributed by atoms with E-state index in [-0.39, 0.29) is 10.8 Å². The molecule has 1 aliphatic heterocycles. The number of anilines is 1. The van der Waals surface area contributed by atoms with Crippen molar-refractivity contribution in [2.24, 2.45) is 0 Å². The molecule has 1 saturated heterocycles. The zero-order chi connectivity index (χ0) is 19.0. The number of nitrogens with one attached hydrogen (secondary N) is 1. The number of hydrogen-bond acceptors (Lipinski definition) is 7. The van der Waals surface area contributed by atoms with Gasteiger partial charge < -0.3 is 19.4 Å². The molecule has 7 nitrogen and oxygen atoms in total. The molecule has 0 atom stereocenters. The minimum atomic E-state index is -3.58. The van der Waals surface area contributed by atoms with Crippen LogP contribution in [0.25, 0.3) is 0 Å². The monoisotopic (exact) mass is 370 g/mol. The van der Waals surface area contributed by atoms with Crippen LogP contribution in [0, 0.1) is 0 Å². The summed E-state index contributed by atoms with van der Waals surface area (Å²) in [6, 6.07) is 0. The Hall–Kier alpha value is -1.32. The molecule has 2 heterocycles. The third kappa shape index (κ3) is 3.78. The van der Waals surface area contributed by atoms with Crippen molar-refractivity contribution in [1.82, 2.24) is 4.98 Å². The van der Waals surface area contributed by atoms with Crippen LogP contribution in [0.15, 0.2) is 11.1 Å². The summed E-state index contributed by atoms with van der Waals surface area (Å²) in [6.07, 6.45) is 3.52. The second-order valence-corrected chi connectivity index (χ2v) is 9.17. The van der Waals surface area contributed by atoms with Crippen LogP contribution in [0.5, 0.6) is 5.88 Å². The zero-order valence-corrected chi connectivity index (χ0v) is 16.8. The van der Waals surface area contributed by atoms with E-state index in [0.717, 1.165) is 12.7 Å². The van der Waals surface area contributed by atoms with Gasteiger partial charge in [-0.25, -0.2) is 13.4 Å². The highest BCUT2D eigenvalue weighted by atomic mass is 32.2. The molecule has 1 N–H and O–H groups in total. The summed E-state index contributed by atoms with van der Waals surface area (Å²) in [6.45, 7) is 10.4. The minimum Gasteiger partial charge on any atom is -0.480 e. The van der Waals surface area contributed by atoms with Crippen molar-refractivity contribution >= 4 is 28.1 Å². The summed E-state index contributed by atoms with van der Waals surface area (Å²) in [7, 11) is -2.90. The van der Waals surface area contributed by atoms with Crippen LogP contribution in [0.1, 0.15) is 41.0 Å². The normalized spacial score (nSPS) is 19.1. The number of nitrogens with zero attached hydrogens (tertiary/aromatic N) is 1. The first-order chi connectivity index (χ1) is 11.4. The SMILES string of the molecule is CCCNc1c(B2OC(C)(C)C(C)(C)O2)cnc(OC)c1S(C)(=O)=O. The maximum atomic E-state index is 12.4. The molecular formula is C16H27BN2O5S. The number of rotatable bonds is 6. The van der Waals surface area contributed by atoms with Gasteiger partial charge in [-0.3, -0.25) is 0 Å². The molecule has 0 spiro atoms. The van der Waals surface area contributed by atoms with E-state index in [9.17, 15) is 8.42 Å². The summed E-state index contributed by atoms with van der Waals surface area (Å²) in [5.74, 6) is 0.0568. The van der Waals surface area contributed by atoms with Crippen molar-refractivity contribution < 1.29 is 22.5 Å². The quantitative estimate of drug-likeness (QED) is 0.762. The van der Waals surface area contributed by atoms with E-state index in [2.05, 4.69) is 10.3 Å². The van der Waals surface area contributed by atoms with E-state index < -0.39 is 28.2 Å². The molecule has 9 heteroatoms. The highest BCUT2D eigenvalue weighted by molar-refractivity contribution is 7.91. The summed E-state index contributed by atoms with van der Waals surface area (Å²) in [5.41, 5.74) is -0.0986. The van der Waals surface area contributed by atoms with E-state index >= 15 is 0 Å². The lowest BCUT2D eigenvalue weighted by atomic mass is 9.79. The molecule has 0 saturated carbocycles. The smallest absolute Gasteiger partial charge is 0.480 e. The second-order valence-electron chi connectivity index (χ2n) is 7.21. The lowest BCUT2D eigenvalue weighted by Crippen LogP contribution is -2.41. The number of pyridine rings is 1. The van der Waals surface area contributed by atoms with Gasteiger partial charge in [0.1, 0.15) is 0 Å². The molecule has 1 aromatic rings. The van der Waals surface area contributed by atoms with Gasteiger partial charge in [-0.2, -0.15) is 0 Å². The molecule has 1 aromatic heterocycles. The van der Waals surface area contributed by atoms with E-state index in [1.165, 1.54) is 7.11 Å². The Morgan fingerprint density at radius 3 is 2.24 bits per heavy atom. The van der Waals surface area contributed by atoms with Gasteiger partial charge in [0.05, 0.1) is 24.0 Å². The molecule has 1 fully saturated rings. The molecule has 0 amide bonds. The Bertz CT molecular complexity index is 733. The first kappa shape index (κ1) is 20.0. The molecule has 0 radical (unpaired) electrons. The molecule has 0 aromatic carbocycles. The van der Waals surface area contributed by atoms with Crippen LogP contribution in [0.3, 0.4) is 0 Å². The highest BCUT2D eigenvalue weighted by Crippen LogP contribution is 2.38. The van der Waals surface area contributed by atoms with Gasteiger partial charge in [-0.15, -0.1) is 0 Å². The van der Waals surface area contributed by atoms with Gasteiger partial charge in [-0.05, 0) is 34.1 Å². The largest absolute Gasteiger partial charge is 0.498 e. The second kappa shape index (κ2) is 6.77. The average Bonchev–Trinajstić information content (AvgIpc) is 2.71. The molecule has 0 aliphatic carbocycles. The molecule has 0 bridgehead atoms. The van der Waals surface area contributed by atoms with Gasteiger partial charge in [0.2, 0.25) is 5.88 Å². The maximum absolute atomic E-state index is 12.4. The molecule has 25 heavy (non-hydrogen) atoms. The van der Waals surface area contributed by atoms with E-state index in [1.807, 2.05) is 34.6 Å². The average molecular weight is 370 g/mol. The Balaban J connectivity index is 2.63. The van der Waals surface area contributed by atoms with E-state index in [4.69, 9.17) is 14.0 Å². The predicted molar refractivity (Wildman–Crippen MR) is 98.4 cm³/mol. The third-order valence-corrected chi connectivity index (χ3v) is 5.77. The lowest BCUT2D eigenvalue weighted by molar-refractivity contribution is 0.00578. The fraction of sp³-hybridized carbons (Fsp3) is 0.688. The van der Waals surface area contributed by atoms with Crippen LogP contribution in [-0.2, 0) is 19.1 Å². The Kier molecular flexibility index (Phi) is 5.42. The van der Waals surface area contributed by atoms with Gasteiger partial charge >= 0.3 is 7.12 Å². The van der Waals surface area contributed by atoms with Crippen molar-refractivity contribution in [1.29, 1.82) is 0 Å². The first-order valence-electron chi connectivity index (χ1n) is 8.31. The van der Waals surface area contributed by atoms with Gasteiger partial charge in [0, 0.05) is 24.5 Å². The van der Waals surface area contributed by atoms with Gasteiger partial charge in [-0.1, -0.05) is 6.92 Å². The van der Waals surface area contributed by atoms with E-state index in [1.54, 1.807) is 6.20 Å². The van der Waals surface area contributed by atoms with Crippen molar-refractivity contribution in [2.75, 3.05) is 25.2 Å². The zero-order valence-electron chi connectivity index (χ0n) is 16.0. The number of hydrogen-bond donors (Lipinski definition) is 1. The standard InChI is InChI=1S/C16H27BN2O5S/c1-8-9-18-12-11(17-23-15(2,3)16(4,5)24-17)10-19-14(22-6)13(12)25(7,20)21/h10H,8-9H2,1-7H3,(H,18,19). The summed E-state index contributed by atoms with van der Waals surface area (Å²) >= 11 is 0. The van der Waals surface area contributed by atoms with Crippen LogP contribution in [0.2, 0.25) is 0 Å². The van der Waals surface area contributed by atoms with Crippen molar-refractivity contribution in [2.45, 2.75) is 57.1 Å². The lowest BCUT2D eigenvalue weighted by Gasteiger charge is -2.32. The Morgan fingerprint density at radius 1 is 1.24 bits per heavy atom. The third-order valence-electron chi connectivity index (χ3n) is 4.65. The van der Waals surface area contributed by atoms with Crippen LogP contribution in [-0.4, -0.2) is 51.6 Å². The van der Waals surface area contributed by atoms with Crippen molar-refractivity contribution in [3.8, 4) is 5.88 Å². The first-order valence-corrected chi connectivity index (χ1v) is 10.2. The van der Waals surface area contributed by atoms with Crippen LogP contribution >= 0.6 is 0 Å². The van der Waals surface area contributed by atoms with Crippen molar-refractivity contribution in [3.63, 3.8) is 0 Å². The van der Waals surface area contributed by atoms with Crippen LogP contribution < -0.4 is 15.5 Å². The predicted octanol–water partition coefficient (Wildman–Crippen LogP) is 1.61.